The van der Waals surface area contributed by atoms with Crippen molar-refractivity contribution >= 4 is 16.6 Å². The predicted molar refractivity (Wildman–Crippen MR) is 95.1 cm³/mol. The van der Waals surface area contributed by atoms with Crippen molar-refractivity contribution in [3.05, 3.63) is 58.5 Å². The third kappa shape index (κ3) is 2.21. The molecule has 6 heteroatoms. The van der Waals surface area contributed by atoms with Crippen molar-refractivity contribution in [2.24, 2.45) is 0 Å². The van der Waals surface area contributed by atoms with E-state index in [1.165, 1.54) is 22.9 Å². The summed E-state index contributed by atoms with van der Waals surface area (Å²) in [6, 6.07) is 13.6. The van der Waals surface area contributed by atoms with E-state index in [2.05, 4.69) is 21.1 Å². The molecule has 0 bridgehead atoms. The first-order valence-electron chi connectivity index (χ1n) is 8.31. The molecule has 0 spiro atoms. The quantitative estimate of drug-likeness (QED) is 0.626. The van der Waals surface area contributed by atoms with Gasteiger partial charge < -0.3 is 9.72 Å². The zero-order chi connectivity index (χ0) is 17.0. The molecule has 1 aliphatic carbocycles. The molecule has 1 fully saturated rings. The van der Waals surface area contributed by atoms with Crippen molar-refractivity contribution in [3.8, 4) is 17.1 Å². The lowest BCUT2D eigenvalue weighted by molar-refractivity contribution is 0.415. The maximum absolute atomic E-state index is 12.5. The minimum Gasteiger partial charge on any atom is -0.497 e. The van der Waals surface area contributed by atoms with E-state index in [1.54, 1.807) is 7.11 Å². The molecule has 0 atom stereocenters. The van der Waals surface area contributed by atoms with Gasteiger partial charge in [-0.2, -0.15) is 4.52 Å². The topological polar surface area (TPSA) is 72.3 Å². The standard InChI is InChI=1S/C19H16N4O2/c1-25-13-9-7-12(8-10-13)17-21-18-15-4-2-3-14(11-5-6-11)16(15)20-19(24)23(18)22-17/h2-4,7-11H,5-6H2,1H3,(H,20,24). The number of H-pyrrole nitrogens is 1. The van der Waals surface area contributed by atoms with Gasteiger partial charge in [0, 0.05) is 10.9 Å². The molecular formula is C19H16N4O2. The molecule has 0 radical (unpaired) electrons. The molecule has 6 nitrogen and oxygen atoms in total. The Bertz CT molecular complexity index is 1150. The van der Waals surface area contributed by atoms with E-state index in [0.29, 0.717) is 17.4 Å². The van der Waals surface area contributed by atoms with E-state index in [4.69, 9.17) is 4.74 Å². The maximum Gasteiger partial charge on any atom is 0.348 e. The van der Waals surface area contributed by atoms with Crippen LogP contribution in [-0.2, 0) is 0 Å². The number of fused-ring (bicyclic) bond motifs is 3. The lowest BCUT2D eigenvalue weighted by atomic mass is 10.1. The van der Waals surface area contributed by atoms with Gasteiger partial charge in [0.25, 0.3) is 0 Å². The highest BCUT2D eigenvalue weighted by Crippen LogP contribution is 2.42. The first-order valence-corrected chi connectivity index (χ1v) is 8.31. The highest BCUT2D eigenvalue weighted by molar-refractivity contribution is 5.93. The van der Waals surface area contributed by atoms with Gasteiger partial charge in [0.05, 0.1) is 12.6 Å². The van der Waals surface area contributed by atoms with Crippen LogP contribution in [-0.4, -0.2) is 26.7 Å². The van der Waals surface area contributed by atoms with Crippen LogP contribution in [0.3, 0.4) is 0 Å². The van der Waals surface area contributed by atoms with Gasteiger partial charge in [-0.15, -0.1) is 5.10 Å². The zero-order valence-corrected chi connectivity index (χ0v) is 13.7. The molecule has 0 unspecified atom stereocenters. The first kappa shape index (κ1) is 14.2. The number of para-hydroxylation sites is 1. The Morgan fingerprint density at radius 2 is 1.96 bits per heavy atom. The maximum atomic E-state index is 12.5. The minimum absolute atomic E-state index is 0.261. The van der Waals surface area contributed by atoms with E-state index in [0.717, 1.165) is 22.2 Å². The third-order valence-electron chi connectivity index (χ3n) is 4.73. The SMILES string of the molecule is COc1ccc(-c2nc3c4cccc(C5CC5)c4[nH]c(=O)n3n2)cc1. The number of methoxy groups -OCH3 is 1. The summed E-state index contributed by atoms with van der Waals surface area (Å²) in [7, 11) is 1.63. The third-order valence-corrected chi connectivity index (χ3v) is 4.73. The smallest absolute Gasteiger partial charge is 0.348 e. The fraction of sp³-hybridized carbons (Fsp3) is 0.211. The van der Waals surface area contributed by atoms with E-state index < -0.39 is 0 Å². The summed E-state index contributed by atoms with van der Waals surface area (Å²) in [6.07, 6.45) is 2.35. The van der Waals surface area contributed by atoms with Crippen molar-refractivity contribution in [1.29, 1.82) is 0 Å². The van der Waals surface area contributed by atoms with Crippen LogP contribution >= 0.6 is 0 Å². The highest BCUT2D eigenvalue weighted by Gasteiger charge is 2.26. The largest absolute Gasteiger partial charge is 0.497 e. The van der Waals surface area contributed by atoms with Gasteiger partial charge in [-0.3, -0.25) is 0 Å². The molecule has 1 saturated carbocycles. The second kappa shape index (κ2) is 5.17. The van der Waals surface area contributed by atoms with Gasteiger partial charge in [0.15, 0.2) is 11.5 Å². The fourth-order valence-corrected chi connectivity index (χ4v) is 3.28. The summed E-state index contributed by atoms with van der Waals surface area (Å²) in [5.41, 5.74) is 3.26. The van der Waals surface area contributed by atoms with E-state index >= 15 is 0 Å². The molecule has 25 heavy (non-hydrogen) atoms. The monoisotopic (exact) mass is 332 g/mol. The Hall–Kier alpha value is -3.15. The van der Waals surface area contributed by atoms with Crippen LogP contribution in [0, 0.1) is 0 Å². The van der Waals surface area contributed by atoms with Gasteiger partial charge in [0.1, 0.15) is 5.75 Å². The molecule has 1 N–H and O–H groups in total. The molecule has 2 heterocycles. The van der Waals surface area contributed by atoms with Crippen LogP contribution in [0.15, 0.2) is 47.3 Å². The average Bonchev–Trinajstić information content (AvgIpc) is 3.39. The lowest BCUT2D eigenvalue weighted by Crippen LogP contribution is -2.18. The number of hydrogen-bond donors (Lipinski definition) is 1. The number of ether oxygens (including phenoxy) is 1. The summed E-state index contributed by atoms with van der Waals surface area (Å²) in [5.74, 6) is 1.84. The number of nitrogens with one attached hydrogen (secondary N) is 1. The van der Waals surface area contributed by atoms with Crippen molar-refractivity contribution < 1.29 is 4.74 Å². The number of aromatic amines is 1. The normalized spacial score (nSPS) is 14.3. The summed E-state index contributed by atoms with van der Waals surface area (Å²) in [4.78, 5) is 20.1. The Balaban J connectivity index is 1.75. The van der Waals surface area contributed by atoms with Crippen LogP contribution < -0.4 is 10.4 Å². The first-order chi connectivity index (χ1) is 12.2. The molecule has 5 rings (SSSR count). The summed E-state index contributed by atoms with van der Waals surface area (Å²) in [5, 5.41) is 5.33. The molecule has 0 amide bonds. The van der Waals surface area contributed by atoms with Crippen molar-refractivity contribution in [2.45, 2.75) is 18.8 Å². The van der Waals surface area contributed by atoms with Gasteiger partial charge in [-0.25, -0.2) is 9.78 Å². The number of aromatic nitrogens is 4. The number of nitrogens with zero attached hydrogens (tertiary/aromatic N) is 3. The van der Waals surface area contributed by atoms with Crippen LogP contribution in [0.5, 0.6) is 5.75 Å². The molecule has 2 aromatic carbocycles. The van der Waals surface area contributed by atoms with Gasteiger partial charge in [0.2, 0.25) is 0 Å². The summed E-state index contributed by atoms with van der Waals surface area (Å²) < 4.78 is 6.53. The van der Waals surface area contributed by atoms with Gasteiger partial charge in [-0.1, -0.05) is 12.1 Å². The molecule has 2 aromatic heterocycles. The van der Waals surface area contributed by atoms with Crippen molar-refractivity contribution in [1.82, 2.24) is 19.6 Å². The highest BCUT2D eigenvalue weighted by atomic mass is 16.5. The number of hydrogen-bond acceptors (Lipinski definition) is 4. The van der Waals surface area contributed by atoms with Gasteiger partial charge in [-0.05, 0) is 54.7 Å². The molecule has 4 aromatic rings. The molecule has 0 aliphatic heterocycles. The Labute approximate surface area is 143 Å². The fourth-order valence-electron chi connectivity index (χ4n) is 3.28. The summed E-state index contributed by atoms with van der Waals surface area (Å²) >= 11 is 0. The van der Waals surface area contributed by atoms with Crippen LogP contribution in [0.1, 0.15) is 24.3 Å². The second-order valence-electron chi connectivity index (χ2n) is 6.37. The van der Waals surface area contributed by atoms with Gasteiger partial charge >= 0.3 is 5.69 Å². The number of benzene rings is 2. The second-order valence-corrected chi connectivity index (χ2v) is 6.37. The molecule has 1 aliphatic rings. The lowest BCUT2D eigenvalue weighted by Gasteiger charge is -2.05. The Morgan fingerprint density at radius 1 is 1.16 bits per heavy atom. The van der Waals surface area contributed by atoms with E-state index in [9.17, 15) is 4.79 Å². The zero-order valence-electron chi connectivity index (χ0n) is 13.7. The molecule has 0 saturated heterocycles. The van der Waals surface area contributed by atoms with Crippen LogP contribution in [0.2, 0.25) is 0 Å². The van der Waals surface area contributed by atoms with E-state index in [1.807, 2.05) is 36.4 Å². The Morgan fingerprint density at radius 3 is 2.68 bits per heavy atom. The van der Waals surface area contributed by atoms with Crippen molar-refractivity contribution in [3.63, 3.8) is 0 Å². The van der Waals surface area contributed by atoms with Crippen LogP contribution in [0.25, 0.3) is 27.9 Å². The predicted octanol–water partition coefficient (Wildman–Crippen LogP) is 3.12. The van der Waals surface area contributed by atoms with Crippen LogP contribution in [0.4, 0.5) is 0 Å². The molecular weight excluding hydrogens is 316 g/mol. The number of rotatable bonds is 3. The van der Waals surface area contributed by atoms with E-state index in [-0.39, 0.29) is 5.69 Å². The van der Waals surface area contributed by atoms with Crippen molar-refractivity contribution in [2.75, 3.05) is 7.11 Å². The molecule has 124 valence electrons. The Kier molecular flexibility index (Phi) is 2.94. The minimum atomic E-state index is -0.261. The summed E-state index contributed by atoms with van der Waals surface area (Å²) in [6.45, 7) is 0. The average molecular weight is 332 g/mol.